The van der Waals surface area contributed by atoms with E-state index in [0.717, 1.165) is 50.5 Å². The average molecular weight is 385 g/mol. The summed E-state index contributed by atoms with van der Waals surface area (Å²) < 4.78 is 18.4. The number of piperazine rings is 1. The summed E-state index contributed by atoms with van der Waals surface area (Å²) in [5.74, 6) is 1.02. The normalized spacial score (nSPS) is 18.2. The molecule has 1 aromatic carbocycles. The van der Waals surface area contributed by atoms with Gasteiger partial charge in [0.2, 0.25) is 5.91 Å². The standard InChI is InChI=1S/C20H24FN5O2/c21-16-1-3-17(4-2-16)25-9-11-26(12-10-25)19-6-5-18(23-24-19)22-20(27)15-7-13-28-14-8-15/h1-6,15H,7-14H2,(H,22,23,27). The molecule has 1 aromatic heterocycles. The highest BCUT2D eigenvalue weighted by Gasteiger charge is 2.22. The summed E-state index contributed by atoms with van der Waals surface area (Å²) in [7, 11) is 0. The van der Waals surface area contributed by atoms with Gasteiger partial charge in [-0.1, -0.05) is 0 Å². The number of amides is 1. The first-order chi connectivity index (χ1) is 13.7. The lowest BCUT2D eigenvalue weighted by Gasteiger charge is -2.36. The molecule has 0 aliphatic carbocycles. The predicted molar refractivity (Wildman–Crippen MR) is 105 cm³/mol. The van der Waals surface area contributed by atoms with Crippen LogP contribution >= 0.6 is 0 Å². The van der Waals surface area contributed by atoms with Crippen LogP contribution in [0.15, 0.2) is 36.4 Å². The van der Waals surface area contributed by atoms with Crippen LogP contribution in [-0.4, -0.2) is 55.5 Å². The van der Waals surface area contributed by atoms with Crippen LogP contribution in [-0.2, 0) is 9.53 Å². The summed E-state index contributed by atoms with van der Waals surface area (Å²) >= 11 is 0. The zero-order chi connectivity index (χ0) is 19.3. The first-order valence-electron chi connectivity index (χ1n) is 9.67. The number of carbonyl (C=O) groups is 1. The van der Waals surface area contributed by atoms with E-state index in [1.165, 1.54) is 12.1 Å². The van der Waals surface area contributed by atoms with Crippen LogP contribution in [0.5, 0.6) is 0 Å². The molecule has 4 rings (SSSR count). The number of hydrogen-bond donors (Lipinski definition) is 1. The Kier molecular flexibility index (Phi) is 5.66. The second-order valence-corrected chi connectivity index (χ2v) is 7.10. The monoisotopic (exact) mass is 385 g/mol. The number of halogens is 1. The van der Waals surface area contributed by atoms with Crippen molar-refractivity contribution in [1.82, 2.24) is 10.2 Å². The summed E-state index contributed by atoms with van der Waals surface area (Å²) in [5.41, 5.74) is 1.03. The number of nitrogens with zero attached hydrogens (tertiary/aromatic N) is 4. The van der Waals surface area contributed by atoms with Crippen LogP contribution in [0.3, 0.4) is 0 Å². The van der Waals surface area contributed by atoms with Gasteiger partial charge in [0.25, 0.3) is 0 Å². The van der Waals surface area contributed by atoms with Crippen molar-refractivity contribution in [3.05, 3.63) is 42.2 Å². The van der Waals surface area contributed by atoms with Crippen LogP contribution in [0, 0.1) is 11.7 Å². The summed E-state index contributed by atoms with van der Waals surface area (Å²) in [4.78, 5) is 16.7. The van der Waals surface area contributed by atoms with E-state index in [2.05, 4.69) is 25.3 Å². The van der Waals surface area contributed by atoms with Crippen molar-refractivity contribution < 1.29 is 13.9 Å². The minimum Gasteiger partial charge on any atom is -0.381 e. The van der Waals surface area contributed by atoms with Crippen LogP contribution < -0.4 is 15.1 Å². The van der Waals surface area contributed by atoms with E-state index in [1.54, 1.807) is 18.2 Å². The van der Waals surface area contributed by atoms with Crippen molar-refractivity contribution in [3.8, 4) is 0 Å². The Labute approximate surface area is 163 Å². The molecule has 1 amide bonds. The second-order valence-electron chi connectivity index (χ2n) is 7.10. The van der Waals surface area contributed by atoms with Crippen molar-refractivity contribution >= 4 is 23.2 Å². The zero-order valence-electron chi connectivity index (χ0n) is 15.7. The van der Waals surface area contributed by atoms with Crippen LogP contribution in [0.1, 0.15) is 12.8 Å². The van der Waals surface area contributed by atoms with Gasteiger partial charge in [-0.2, -0.15) is 0 Å². The van der Waals surface area contributed by atoms with Gasteiger partial charge in [0.05, 0.1) is 0 Å². The van der Waals surface area contributed by atoms with E-state index in [9.17, 15) is 9.18 Å². The molecule has 2 fully saturated rings. The highest BCUT2D eigenvalue weighted by molar-refractivity contribution is 5.91. The van der Waals surface area contributed by atoms with Gasteiger partial charge in [-0.15, -0.1) is 10.2 Å². The van der Waals surface area contributed by atoms with Gasteiger partial charge in [0.15, 0.2) is 11.6 Å². The molecule has 0 saturated carbocycles. The van der Waals surface area contributed by atoms with E-state index in [1.807, 2.05) is 6.07 Å². The summed E-state index contributed by atoms with van der Waals surface area (Å²) in [6.07, 6.45) is 1.49. The number of benzene rings is 1. The van der Waals surface area contributed by atoms with Gasteiger partial charge in [-0.25, -0.2) is 4.39 Å². The van der Waals surface area contributed by atoms with Crippen LogP contribution in [0.2, 0.25) is 0 Å². The second kappa shape index (κ2) is 8.52. The Morgan fingerprint density at radius 2 is 1.64 bits per heavy atom. The molecule has 7 nitrogen and oxygen atoms in total. The lowest BCUT2D eigenvalue weighted by atomic mass is 9.99. The molecule has 0 spiro atoms. The molecule has 2 aromatic rings. The molecule has 8 heteroatoms. The number of aromatic nitrogens is 2. The smallest absolute Gasteiger partial charge is 0.228 e. The predicted octanol–water partition coefficient (Wildman–Crippen LogP) is 2.31. The highest BCUT2D eigenvalue weighted by atomic mass is 19.1. The molecule has 0 bridgehead atoms. The van der Waals surface area contributed by atoms with Crippen molar-refractivity contribution in [1.29, 1.82) is 0 Å². The number of carbonyl (C=O) groups excluding carboxylic acids is 1. The maximum absolute atomic E-state index is 13.1. The SMILES string of the molecule is O=C(Nc1ccc(N2CCN(c3ccc(F)cc3)CC2)nn1)C1CCOCC1. The Balaban J connectivity index is 1.30. The number of anilines is 3. The van der Waals surface area contributed by atoms with Gasteiger partial charge in [0, 0.05) is 51.0 Å². The Morgan fingerprint density at radius 1 is 0.964 bits per heavy atom. The molecule has 2 aliphatic rings. The van der Waals surface area contributed by atoms with Gasteiger partial charge >= 0.3 is 0 Å². The van der Waals surface area contributed by atoms with E-state index in [-0.39, 0.29) is 17.6 Å². The van der Waals surface area contributed by atoms with E-state index in [4.69, 9.17) is 4.74 Å². The summed E-state index contributed by atoms with van der Waals surface area (Å²) in [6, 6.07) is 10.3. The van der Waals surface area contributed by atoms with Gasteiger partial charge < -0.3 is 19.9 Å². The van der Waals surface area contributed by atoms with Crippen LogP contribution in [0.25, 0.3) is 0 Å². The average Bonchev–Trinajstić information content (AvgIpc) is 2.76. The minimum atomic E-state index is -0.221. The number of rotatable bonds is 4. The fourth-order valence-electron chi connectivity index (χ4n) is 3.59. The zero-order valence-corrected chi connectivity index (χ0v) is 15.7. The molecule has 0 radical (unpaired) electrons. The summed E-state index contributed by atoms with van der Waals surface area (Å²) in [6.45, 7) is 4.53. The third-order valence-corrected chi connectivity index (χ3v) is 5.29. The van der Waals surface area contributed by atoms with Gasteiger partial charge in [-0.05, 0) is 49.2 Å². The molecule has 28 heavy (non-hydrogen) atoms. The van der Waals surface area contributed by atoms with Crippen molar-refractivity contribution in [2.24, 2.45) is 5.92 Å². The number of hydrogen-bond acceptors (Lipinski definition) is 6. The third-order valence-electron chi connectivity index (χ3n) is 5.29. The Bertz CT molecular complexity index is 785. The lowest BCUT2D eigenvalue weighted by Crippen LogP contribution is -2.46. The fraction of sp³-hybridized carbons (Fsp3) is 0.450. The number of ether oxygens (including phenoxy) is 1. The van der Waals surface area contributed by atoms with Gasteiger partial charge in [0.1, 0.15) is 5.82 Å². The molecular weight excluding hydrogens is 361 g/mol. The Morgan fingerprint density at radius 3 is 2.29 bits per heavy atom. The molecule has 148 valence electrons. The number of nitrogens with one attached hydrogen (secondary N) is 1. The first-order valence-corrected chi connectivity index (χ1v) is 9.67. The van der Waals surface area contributed by atoms with Crippen molar-refractivity contribution in [2.45, 2.75) is 12.8 Å². The molecular formula is C20H24FN5O2. The quantitative estimate of drug-likeness (QED) is 0.871. The highest BCUT2D eigenvalue weighted by Crippen LogP contribution is 2.21. The van der Waals surface area contributed by atoms with Crippen molar-refractivity contribution in [2.75, 3.05) is 54.5 Å². The van der Waals surface area contributed by atoms with E-state index in [0.29, 0.717) is 19.0 Å². The molecule has 2 saturated heterocycles. The maximum Gasteiger partial charge on any atom is 0.228 e. The van der Waals surface area contributed by atoms with Crippen molar-refractivity contribution in [3.63, 3.8) is 0 Å². The van der Waals surface area contributed by atoms with E-state index >= 15 is 0 Å². The largest absolute Gasteiger partial charge is 0.381 e. The maximum atomic E-state index is 13.1. The molecule has 2 aliphatic heterocycles. The fourth-order valence-corrected chi connectivity index (χ4v) is 3.59. The third kappa shape index (κ3) is 4.39. The van der Waals surface area contributed by atoms with Gasteiger partial charge in [-0.3, -0.25) is 4.79 Å². The molecule has 3 heterocycles. The molecule has 1 N–H and O–H groups in total. The minimum absolute atomic E-state index is 0.0155. The molecule has 0 atom stereocenters. The Hall–Kier alpha value is -2.74. The first kappa shape index (κ1) is 18.6. The summed E-state index contributed by atoms with van der Waals surface area (Å²) in [5, 5.41) is 11.3. The topological polar surface area (TPSA) is 70.6 Å². The molecule has 0 unspecified atom stereocenters. The lowest BCUT2D eigenvalue weighted by molar-refractivity contribution is -0.122. The van der Waals surface area contributed by atoms with E-state index < -0.39 is 0 Å². The van der Waals surface area contributed by atoms with Crippen LogP contribution in [0.4, 0.5) is 21.7 Å².